The Labute approximate surface area is 142 Å². The van der Waals surface area contributed by atoms with E-state index in [1.807, 2.05) is 18.2 Å². The van der Waals surface area contributed by atoms with Crippen molar-refractivity contribution in [3.8, 4) is 0 Å². The zero-order valence-corrected chi connectivity index (χ0v) is 15.3. The van der Waals surface area contributed by atoms with Crippen LogP contribution in [0.5, 0.6) is 0 Å². The summed E-state index contributed by atoms with van der Waals surface area (Å²) in [5.41, 5.74) is 1.95. The number of hydrogen-bond donors (Lipinski definition) is 0. The van der Waals surface area contributed by atoms with E-state index in [0.29, 0.717) is 18.5 Å². The largest absolute Gasteiger partial charge is 0.383 e. The average molecular weight is 383 g/mol. The lowest BCUT2D eigenvalue weighted by molar-refractivity contribution is 0.183. The van der Waals surface area contributed by atoms with Crippen molar-refractivity contribution >= 4 is 38.6 Å². The van der Waals surface area contributed by atoms with Crippen molar-refractivity contribution in [2.24, 2.45) is 0 Å². The van der Waals surface area contributed by atoms with Crippen LogP contribution < -0.4 is 5.56 Å². The number of halogens is 1. The van der Waals surface area contributed by atoms with E-state index in [4.69, 9.17) is 4.74 Å². The monoisotopic (exact) mass is 382 g/mol. The van der Waals surface area contributed by atoms with Gasteiger partial charge in [0.25, 0.3) is 5.56 Å². The number of ether oxygens (including phenoxy) is 1. The van der Waals surface area contributed by atoms with Crippen LogP contribution in [-0.2, 0) is 11.3 Å². The third-order valence-corrected chi connectivity index (χ3v) is 4.50. The first-order chi connectivity index (χ1) is 10.5. The van der Waals surface area contributed by atoms with Gasteiger partial charge in [0, 0.05) is 17.3 Å². The highest BCUT2D eigenvalue weighted by atomic mass is 79.9. The van der Waals surface area contributed by atoms with E-state index in [-0.39, 0.29) is 5.56 Å². The van der Waals surface area contributed by atoms with Gasteiger partial charge in [-0.3, -0.25) is 9.36 Å². The molecule has 2 rings (SSSR count). The maximum Gasteiger partial charge on any atom is 0.262 e. The summed E-state index contributed by atoms with van der Waals surface area (Å²) in [4.78, 5) is 17.4. The number of rotatable bonds is 6. The number of fused-ring (bicyclic) bond motifs is 1. The fourth-order valence-corrected chi connectivity index (χ4v) is 3.37. The standard InChI is InChI=1S/C16H19BrN2O2S/c1-11(2)6-9-22-16-18-14-5-4-12(17)10-13(14)15(20)19(16)7-8-21-3/h4-6,10H,7-9H2,1-3H3. The van der Waals surface area contributed by atoms with E-state index >= 15 is 0 Å². The zero-order chi connectivity index (χ0) is 16.1. The summed E-state index contributed by atoms with van der Waals surface area (Å²) >= 11 is 4.97. The van der Waals surface area contributed by atoms with Gasteiger partial charge in [-0.25, -0.2) is 4.98 Å². The van der Waals surface area contributed by atoms with Crippen LogP contribution in [0.3, 0.4) is 0 Å². The first kappa shape index (κ1) is 17.2. The molecule has 0 aliphatic heterocycles. The molecule has 22 heavy (non-hydrogen) atoms. The molecular weight excluding hydrogens is 364 g/mol. The van der Waals surface area contributed by atoms with Gasteiger partial charge in [-0.05, 0) is 32.0 Å². The molecule has 0 N–H and O–H groups in total. The van der Waals surface area contributed by atoms with Gasteiger partial charge in [-0.1, -0.05) is 39.3 Å². The summed E-state index contributed by atoms with van der Waals surface area (Å²) in [6.45, 7) is 5.10. The lowest BCUT2D eigenvalue weighted by Gasteiger charge is -2.12. The van der Waals surface area contributed by atoms with E-state index in [2.05, 4.69) is 40.8 Å². The molecular formula is C16H19BrN2O2S. The Kier molecular flexibility index (Phi) is 6.23. The second-order valence-electron chi connectivity index (χ2n) is 5.10. The second kappa shape index (κ2) is 7.94. The molecule has 6 heteroatoms. The molecule has 0 radical (unpaired) electrons. The molecule has 0 aliphatic carbocycles. The third-order valence-electron chi connectivity index (χ3n) is 3.10. The summed E-state index contributed by atoms with van der Waals surface area (Å²) in [5.74, 6) is 0.795. The fraction of sp³-hybridized carbons (Fsp3) is 0.375. The number of nitrogens with zero attached hydrogens (tertiary/aromatic N) is 2. The quantitative estimate of drug-likeness (QED) is 0.432. The second-order valence-corrected chi connectivity index (χ2v) is 7.00. The molecule has 0 fully saturated rings. The normalized spacial score (nSPS) is 10.9. The van der Waals surface area contributed by atoms with E-state index in [0.717, 1.165) is 20.9 Å². The third kappa shape index (κ3) is 4.21. The minimum absolute atomic E-state index is 0.0250. The molecule has 0 amide bonds. The highest BCUT2D eigenvalue weighted by Crippen LogP contribution is 2.21. The van der Waals surface area contributed by atoms with Crippen molar-refractivity contribution < 1.29 is 4.74 Å². The van der Waals surface area contributed by atoms with Crippen LogP contribution in [0.4, 0.5) is 0 Å². The van der Waals surface area contributed by atoms with Crippen LogP contribution in [0.15, 0.2) is 44.3 Å². The van der Waals surface area contributed by atoms with Crippen molar-refractivity contribution in [2.75, 3.05) is 19.5 Å². The smallest absolute Gasteiger partial charge is 0.262 e. The average Bonchev–Trinajstić information content (AvgIpc) is 2.47. The molecule has 1 heterocycles. The SMILES string of the molecule is COCCn1c(SCC=C(C)C)nc2ccc(Br)cc2c1=O. The van der Waals surface area contributed by atoms with Crippen LogP contribution in [0.1, 0.15) is 13.8 Å². The topological polar surface area (TPSA) is 44.1 Å². The van der Waals surface area contributed by atoms with Crippen LogP contribution in [-0.4, -0.2) is 29.0 Å². The van der Waals surface area contributed by atoms with Gasteiger partial charge in [0.15, 0.2) is 5.16 Å². The Balaban J connectivity index is 2.49. The van der Waals surface area contributed by atoms with Crippen LogP contribution in [0, 0.1) is 0 Å². The minimum Gasteiger partial charge on any atom is -0.383 e. The van der Waals surface area contributed by atoms with Gasteiger partial charge in [-0.2, -0.15) is 0 Å². The van der Waals surface area contributed by atoms with Gasteiger partial charge >= 0.3 is 0 Å². The van der Waals surface area contributed by atoms with E-state index < -0.39 is 0 Å². The molecule has 1 aromatic carbocycles. The predicted octanol–water partition coefficient (Wildman–Crippen LogP) is 3.86. The van der Waals surface area contributed by atoms with Crippen molar-refractivity contribution in [3.63, 3.8) is 0 Å². The molecule has 0 atom stereocenters. The maximum absolute atomic E-state index is 12.7. The van der Waals surface area contributed by atoms with Gasteiger partial charge in [0.05, 0.1) is 24.1 Å². The van der Waals surface area contributed by atoms with Gasteiger partial charge in [0.2, 0.25) is 0 Å². The van der Waals surface area contributed by atoms with Gasteiger partial charge in [-0.15, -0.1) is 0 Å². The molecule has 2 aromatic rings. The summed E-state index contributed by atoms with van der Waals surface area (Å²) in [7, 11) is 1.63. The van der Waals surface area contributed by atoms with Crippen molar-refractivity contribution in [1.29, 1.82) is 0 Å². The Bertz CT molecular complexity index is 752. The summed E-state index contributed by atoms with van der Waals surface area (Å²) < 4.78 is 7.69. The first-order valence-corrected chi connectivity index (χ1v) is 8.76. The summed E-state index contributed by atoms with van der Waals surface area (Å²) in [6.07, 6.45) is 2.13. The highest BCUT2D eigenvalue weighted by molar-refractivity contribution is 9.10. The summed E-state index contributed by atoms with van der Waals surface area (Å²) in [6, 6.07) is 5.59. The lowest BCUT2D eigenvalue weighted by atomic mass is 10.2. The number of aromatic nitrogens is 2. The molecule has 118 valence electrons. The number of hydrogen-bond acceptors (Lipinski definition) is 4. The van der Waals surface area contributed by atoms with Gasteiger partial charge in [0.1, 0.15) is 0 Å². The lowest BCUT2D eigenvalue weighted by Crippen LogP contribution is -2.25. The van der Waals surface area contributed by atoms with Crippen molar-refractivity contribution in [2.45, 2.75) is 25.5 Å². The van der Waals surface area contributed by atoms with Crippen LogP contribution >= 0.6 is 27.7 Å². The van der Waals surface area contributed by atoms with Crippen LogP contribution in [0.25, 0.3) is 10.9 Å². The van der Waals surface area contributed by atoms with Crippen molar-refractivity contribution in [1.82, 2.24) is 9.55 Å². The zero-order valence-electron chi connectivity index (χ0n) is 12.9. The van der Waals surface area contributed by atoms with Gasteiger partial charge < -0.3 is 4.74 Å². The molecule has 0 saturated carbocycles. The molecule has 0 spiro atoms. The number of benzene rings is 1. The predicted molar refractivity (Wildman–Crippen MR) is 95.7 cm³/mol. The van der Waals surface area contributed by atoms with E-state index in [1.54, 1.807) is 23.4 Å². The van der Waals surface area contributed by atoms with E-state index in [1.165, 1.54) is 5.57 Å². The number of allylic oxidation sites excluding steroid dienone is 1. The molecule has 1 aromatic heterocycles. The fourth-order valence-electron chi connectivity index (χ4n) is 1.95. The molecule has 0 aliphatic rings. The first-order valence-electron chi connectivity index (χ1n) is 6.98. The Hall–Kier alpha value is -1.11. The van der Waals surface area contributed by atoms with Crippen LogP contribution in [0.2, 0.25) is 0 Å². The van der Waals surface area contributed by atoms with Crippen molar-refractivity contribution in [3.05, 3.63) is 44.7 Å². The highest BCUT2D eigenvalue weighted by Gasteiger charge is 2.11. The minimum atomic E-state index is -0.0250. The Morgan fingerprint density at radius 3 is 2.91 bits per heavy atom. The molecule has 0 saturated heterocycles. The Morgan fingerprint density at radius 1 is 1.45 bits per heavy atom. The number of methoxy groups -OCH3 is 1. The number of thioether (sulfide) groups is 1. The molecule has 0 bridgehead atoms. The Morgan fingerprint density at radius 2 is 2.23 bits per heavy atom. The summed E-state index contributed by atoms with van der Waals surface area (Å²) in [5, 5.41) is 1.35. The molecule has 0 unspecified atom stereocenters. The van der Waals surface area contributed by atoms with E-state index in [9.17, 15) is 4.79 Å². The maximum atomic E-state index is 12.7. The molecule has 4 nitrogen and oxygen atoms in total.